The molecule has 2 aliphatic heterocycles. The molecule has 0 aromatic rings. The van der Waals surface area contributed by atoms with Crippen molar-refractivity contribution in [2.75, 3.05) is 13.1 Å². The Morgan fingerprint density at radius 1 is 1.35 bits per heavy atom. The topological polar surface area (TPSA) is 32.3 Å². The Bertz CT molecular complexity index is 271. The van der Waals surface area contributed by atoms with Crippen LogP contribution >= 0.6 is 0 Å². The van der Waals surface area contributed by atoms with E-state index in [-0.39, 0.29) is 5.54 Å². The normalized spacial score (nSPS) is 34.7. The van der Waals surface area contributed by atoms with E-state index in [0.29, 0.717) is 11.9 Å². The minimum absolute atomic E-state index is 0.280. The summed E-state index contributed by atoms with van der Waals surface area (Å²) in [6, 6.07) is 0.476. The molecule has 1 N–H and O–H groups in total. The van der Waals surface area contributed by atoms with Crippen molar-refractivity contribution in [2.45, 2.75) is 70.4 Å². The Kier molecular flexibility index (Phi) is 4.08. The lowest BCUT2D eigenvalue weighted by molar-refractivity contribution is -0.139. The van der Waals surface area contributed by atoms with Crippen LogP contribution in [0, 0.1) is 0 Å². The fourth-order valence-electron chi connectivity index (χ4n) is 3.26. The van der Waals surface area contributed by atoms with E-state index in [2.05, 4.69) is 24.1 Å². The van der Waals surface area contributed by atoms with Gasteiger partial charge in [-0.25, -0.2) is 0 Å². The molecule has 3 heteroatoms. The molecule has 0 spiro atoms. The van der Waals surface area contributed by atoms with Crippen molar-refractivity contribution in [3.05, 3.63) is 0 Å². The Labute approximate surface area is 105 Å². The smallest absolute Gasteiger partial charge is 0.242 e. The van der Waals surface area contributed by atoms with Crippen molar-refractivity contribution in [3.8, 4) is 0 Å². The first-order valence-electron chi connectivity index (χ1n) is 7.23. The summed E-state index contributed by atoms with van der Waals surface area (Å²) in [5, 5.41) is 3.40. The van der Waals surface area contributed by atoms with Crippen LogP contribution in [0.25, 0.3) is 0 Å². The second-order valence-electron chi connectivity index (χ2n) is 5.77. The maximum absolute atomic E-state index is 12.7. The summed E-state index contributed by atoms with van der Waals surface area (Å²) in [6.07, 6.45) is 8.17. The first-order valence-corrected chi connectivity index (χ1v) is 7.23. The molecular formula is C14H26N2O. The quantitative estimate of drug-likeness (QED) is 0.800. The molecule has 0 saturated carbocycles. The van der Waals surface area contributed by atoms with E-state index in [0.717, 1.165) is 32.4 Å². The molecule has 2 heterocycles. The van der Waals surface area contributed by atoms with Gasteiger partial charge < -0.3 is 10.2 Å². The Morgan fingerprint density at radius 3 is 2.82 bits per heavy atom. The summed E-state index contributed by atoms with van der Waals surface area (Å²) in [4.78, 5) is 14.9. The van der Waals surface area contributed by atoms with Crippen LogP contribution in [-0.4, -0.2) is 35.5 Å². The molecule has 2 saturated heterocycles. The molecule has 1 amide bonds. The summed E-state index contributed by atoms with van der Waals surface area (Å²) in [7, 11) is 0. The van der Waals surface area contributed by atoms with Crippen LogP contribution < -0.4 is 5.32 Å². The number of likely N-dealkylation sites (tertiary alicyclic amines) is 1. The average molecular weight is 238 g/mol. The highest BCUT2D eigenvalue weighted by Gasteiger charge is 2.40. The zero-order chi connectivity index (χ0) is 12.3. The van der Waals surface area contributed by atoms with E-state index in [9.17, 15) is 4.79 Å². The monoisotopic (exact) mass is 238 g/mol. The molecule has 0 aromatic heterocycles. The van der Waals surface area contributed by atoms with Crippen molar-refractivity contribution in [1.82, 2.24) is 10.2 Å². The minimum atomic E-state index is -0.280. The average Bonchev–Trinajstić information content (AvgIpc) is 2.65. The van der Waals surface area contributed by atoms with Gasteiger partial charge in [-0.05, 0) is 45.6 Å². The molecule has 2 unspecified atom stereocenters. The highest BCUT2D eigenvalue weighted by molar-refractivity contribution is 5.86. The number of nitrogens with one attached hydrogen (secondary N) is 1. The lowest BCUT2D eigenvalue weighted by Crippen LogP contribution is -2.55. The zero-order valence-electron chi connectivity index (χ0n) is 11.3. The molecule has 0 aliphatic carbocycles. The molecule has 17 heavy (non-hydrogen) atoms. The molecule has 2 atom stereocenters. The van der Waals surface area contributed by atoms with Gasteiger partial charge in [-0.15, -0.1) is 0 Å². The fourth-order valence-corrected chi connectivity index (χ4v) is 3.26. The lowest BCUT2D eigenvalue weighted by Gasteiger charge is -2.36. The van der Waals surface area contributed by atoms with Crippen molar-refractivity contribution in [1.29, 1.82) is 0 Å². The van der Waals surface area contributed by atoms with Gasteiger partial charge in [0, 0.05) is 12.6 Å². The van der Waals surface area contributed by atoms with Gasteiger partial charge in [0.1, 0.15) is 0 Å². The first kappa shape index (κ1) is 12.9. The summed E-state index contributed by atoms with van der Waals surface area (Å²) in [5.74, 6) is 0.351. The summed E-state index contributed by atoms with van der Waals surface area (Å²) in [6.45, 7) is 6.25. The van der Waals surface area contributed by atoms with Gasteiger partial charge >= 0.3 is 0 Å². The van der Waals surface area contributed by atoms with Crippen molar-refractivity contribution < 1.29 is 4.79 Å². The van der Waals surface area contributed by atoms with Crippen LogP contribution in [0.1, 0.15) is 58.8 Å². The highest BCUT2D eigenvalue weighted by Crippen LogP contribution is 2.26. The van der Waals surface area contributed by atoms with Crippen LogP contribution in [-0.2, 0) is 4.79 Å². The van der Waals surface area contributed by atoms with E-state index in [1.54, 1.807) is 0 Å². The number of carbonyl (C=O) groups excluding carboxylic acids is 1. The van der Waals surface area contributed by atoms with Gasteiger partial charge in [-0.3, -0.25) is 4.79 Å². The van der Waals surface area contributed by atoms with E-state index in [4.69, 9.17) is 0 Å². The van der Waals surface area contributed by atoms with Gasteiger partial charge in [0.15, 0.2) is 0 Å². The van der Waals surface area contributed by atoms with Crippen molar-refractivity contribution in [2.24, 2.45) is 0 Å². The maximum atomic E-state index is 12.7. The molecule has 2 rings (SSSR count). The number of hydrogen-bond acceptors (Lipinski definition) is 2. The van der Waals surface area contributed by atoms with Gasteiger partial charge in [-0.2, -0.15) is 0 Å². The Balaban J connectivity index is 2.09. The SMILES string of the molecule is CCC1CCCCCN1C(=O)C1(C)CCCN1. The van der Waals surface area contributed by atoms with E-state index in [1.165, 1.54) is 25.7 Å². The van der Waals surface area contributed by atoms with Gasteiger partial charge in [-0.1, -0.05) is 19.8 Å². The highest BCUT2D eigenvalue weighted by atomic mass is 16.2. The first-order chi connectivity index (χ1) is 8.17. The molecule has 98 valence electrons. The summed E-state index contributed by atoms with van der Waals surface area (Å²) in [5.41, 5.74) is -0.280. The minimum Gasteiger partial charge on any atom is -0.338 e. The number of carbonyl (C=O) groups is 1. The molecule has 2 aliphatic rings. The van der Waals surface area contributed by atoms with Crippen LogP contribution in [0.15, 0.2) is 0 Å². The molecular weight excluding hydrogens is 212 g/mol. The van der Waals surface area contributed by atoms with E-state index < -0.39 is 0 Å². The molecule has 0 bridgehead atoms. The third kappa shape index (κ3) is 2.65. The number of rotatable bonds is 2. The van der Waals surface area contributed by atoms with E-state index >= 15 is 0 Å². The van der Waals surface area contributed by atoms with Crippen molar-refractivity contribution in [3.63, 3.8) is 0 Å². The largest absolute Gasteiger partial charge is 0.338 e. The third-order valence-corrected chi connectivity index (χ3v) is 4.45. The molecule has 2 fully saturated rings. The summed E-state index contributed by atoms with van der Waals surface area (Å²) >= 11 is 0. The second kappa shape index (κ2) is 5.38. The number of hydrogen-bond donors (Lipinski definition) is 1. The van der Waals surface area contributed by atoms with Gasteiger partial charge in [0.2, 0.25) is 5.91 Å². The standard InChI is InChI=1S/C14H26N2O/c1-3-12-8-5-4-6-11-16(12)13(17)14(2)9-7-10-15-14/h12,15H,3-11H2,1-2H3. The van der Waals surface area contributed by atoms with Gasteiger partial charge in [0.25, 0.3) is 0 Å². The van der Waals surface area contributed by atoms with Crippen LogP contribution in [0.3, 0.4) is 0 Å². The molecule has 0 radical (unpaired) electrons. The number of nitrogens with zero attached hydrogens (tertiary/aromatic N) is 1. The predicted molar refractivity (Wildman–Crippen MR) is 69.9 cm³/mol. The van der Waals surface area contributed by atoms with Crippen LogP contribution in [0.4, 0.5) is 0 Å². The van der Waals surface area contributed by atoms with E-state index in [1.807, 2.05) is 0 Å². The Morgan fingerprint density at radius 2 is 2.18 bits per heavy atom. The second-order valence-corrected chi connectivity index (χ2v) is 5.77. The molecule has 0 aromatic carbocycles. The lowest BCUT2D eigenvalue weighted by atomic mass is 9.96. The van der Waals surface area contributed by atoms with Gasteiger partial charge in [0.05, 0.1) is 5.54 Å². The van der Waals surface area contributed by atoms with Crippen molar-refractivity contribution >= 4 is 5.91 Å². The number of amides is 1. The Hall–Kier alpha value is -0.570. The summed E-state index contributed by atoms with van der Waals surface area (Å²) < 4.78 is 0. The van der Waals surface area contributed by atoms with Crippen LogP contribution in [0.2, 0.25) is 0 Å². The van der Waals surface area contributed by atoms with Crippen LogP contribution in [0.5, 0.6) is 0 Å². The third-order valence-electron chi connectivity index (χ3n) is 4.45. The zero-order valence-corrected chi connectivity index (χ0v) is 11.3. The maximum Gasteiger partial charge on any atom is 0.242 e. The molecule has 3 nitrogen and oxygen atoms in total. The predicted octanol–water partition coefficient (Wildman–Crippen LogP) is 2.31. The fraction of sp³-hybridized carbons (Fsp3) is 0.929.